The van der Waals surface area contributed by atoms with Gasteiger partial charge in [0, 0.05) is 29.4 Å². The Morgan fingerprint density at radius 1 is 1.11 bits per heavy atom. The van der Waals surface area contributed by atoms with Crippen LogP contribution in [0.25, 0.3) is 5.69 Å². The molecule has 1 aliphatic rings. The molecule has 0 N–H and O–H groups in total. The average molecular weight is 501 g/mol. The molecule has 0 spiro atoms. The van der Waals surface area contributed by atoms with Crippen molar-refractivity contribution in [2.75, 3.05) is 46.4 Å². The van der Waals surface area contributed by atoms with Gasteiger partial charge >= 0.3 is 0 Å². The van der Waals surface area contributed by atoms with Crippen LogP contribution in [0.3, 0.4) is 0 Å². The maximum absolute atomic E-state index is 13.7. The van der Waals surface area contributed by atoms with Gasteiger partial charge in [-0.25, -0.2) is 9.37 Å². The minimum atomic E-state index is -0.418. The van der Waals surface area contributed by atoms with Gasteiger partial charge in [-0.2, -0.15) is 0 Å². The van der Waals surface area contributed by atoms with Gasteiger partial charge in [0.05, 0.1) is 45.9 Å². The van der Waals surface area contributed by atoms with Gasteiger partial charge in [-0.3, -0.25) is 4.57 Å². The van der Waals surface area contributed by atoms with Crippen LogP contribution in [0, 0.1) is 11.7 Å². The number of halogens is 1. The predicted octanol–water partition coefficient (Wildman–Crippen LogP) is 5.50. The van der Waals surface area contributed by atoms with Gasteiger partial charge in [0.25, 0.3) is 0 Å². The van der Waals surface area contributed by atoms with Crippen LogP contribution in [0.2, 0.25) is 0 Å². The van der Waals surface area contributed by atoms with Crippen molar-refractivity contribution in [3.63, 3.8) is 0 Å². The molecule has 3 aromatic rings. The van der Waals surface area contributed by atoms with Crippen LogP contribution >= 0.6 is 11.8 Å². The summed E-state index contributed by atoms with van der Waals surface area (Å²) >= 11 is 1.63. The molecule has 1 fully saturated rings. The molecule has 0 bridgehead atoms. The van der Waals surface area contributed by atoms with E-state index in [0.29, 0.717) is 24.0 Å². The molecule has 0 aliphatic carbocycles. The number of aromatic nitrogens is 2. The first-order chi connectivity index (χ1) is 16.9. The lowest BCUT2D eigenvalue weighted by Crippen LogP contribution is -2.23. The van der Waals surface area contributed by atoms with Gasteiger partial charge in [-0.05, 0) is 48.4 Å². The first kappa shape index (κ1) is 25.5. The number of imidazole rings is 1. The van der Waals surface area contributed by atoms with Gasteiger partial charge in [0.2, 0.25) is 0 Å². The van der Waals surface area contributed by atoms with Gasteiger partial charge in [-0.15, -0.1) is 0 Å². The highest BCUT2D eigenvalue weighted by Crippen LogP contribution is 2.39. The zero-order valence-corrected chi connectivity index (χ0v) is 21.6. The van der Waals surface area contributed by atoms with E-state index in [1.807, 2.05) is 24.4 Å². The minimum Gasteiger partial charge on any atom is -0.493 e. The molecule has 1 unspecified atom stereocenters. The SMILES string of the molecule is COc1ccc(C(C)(C)c2cnc(SCCOCC3CCOC3)n2-c2ccc(F)cc2)cc1OC. The molecule has 35 heavy (non-hydrogen) atoms. The Kier molecular flexibility index (Phi) is 8.36. The molecule has 0 saturated carbocycles. The Bertz CT molecular complexity index is 1110. The Balaban J connectivity index is 1.60. The fourth-order valence-corrected chi connectivity index (χ4v) is 5.09. The number of methoxy groups -OCH3 is 2. The van der Waals surface area contributed by atoms with Crippen molar-refractivity contribution in [2.24, 2.45) is 5.92 Å². The van der Waals surface area contributed by atoms with Crippen LogP contribution in [0.15, 0.2) is 53.8 Å². The molecule has 6 nitrogen and oxygen atoms in total. The zero-order valence-electron chi connectivity index (χ0n) is 20.8. The van der Waals surface area contributed by atoms with Crippen molar-refractivity contribution < 1.29 is 23.3 Å². The molecule has 0 radical (unpaired) electrons. The minimum absolute atomic E-state index is 0.270. The monoisotopic (exact) mass is 500 g/mol. The second-order valence-electron chi connectivity index (χ2n) is 9.09. The lowest BCUT2D eigenvalue weighted by Gasteiger charge is -2.28. The zero-order chi connectivity index (χ0) is 24.8. The van der Waals surface area contributed by atoms with Gasteiger partial charge < -0.3 is 18.9 Å². The smallest absolute Gasteiger partial charge is 0.172 e. The maximum atomic E-state index is 13.7. The summed E-state index contributed by atoms with van der Waals surface area (Å²) in [6.45, 7) is 7.27. The lowest BCUT2D eigenvalue weighted by molar-refractivity contribution is 0.100. The van der Waals surface area contributed by atoms with E-state index < -0.39 is 5.41 Å². The third kappa shape index (κ3) is 5.82. The summed E-state index contributed by atoms with van der Waals surface area (Å²) < 4.78 is 38.1. The van der Waals surface area contributed by atoms with E-state index in [0.717, 1.165) is 54.1 Å². The van der Waals surface area contributed by atoms with Crippen molar-refractivity contribution in [1.82, 2.24) is 9.55 Å². The quantitative estimate of drug-likeness (QED) is 0.256. The van der Waals surface area contributed by atoms with Crippen LogP contribution < -0.4 is 9.47 Å². The number of hydrogen-bond acceptors (Lipinski definition) is 6. The molecule has 1 aliphatic heterocycles. The fourth-order valence-electron chi connectivity index (χ4n) is 4.25. The highest BCUT2D eigenvalue weighted by Gasteiger charge is 2.30. The predicted molar refractivity (Wildman–Crippen MR) is 136 cm³/mol. The second kappa shape index (κ2) is 11.5. The number of hydrogen-bond donors (Lipinski definition) is 0. The van der Waals surface area contributed by atoms with E-state index >= 15 is 0 Å². The first-order valence-electron chi connectivity index (χ1n) is 11.8. The largest absolute Gasteiger partial charge is 0.493 e. The molecule has 188 valence electrons. The van der Waals surface area contributed by atoms with E-state index in [2.05, 4.69) is 18.4 Å². The van der Waals surface area contributed by atoms with E-state index in [1.165, 1.54) is 12.1 Å². The van der Waals surface area contributed by atoms with Crippen LogP contribution in [0.5, 0.6) is 11.5 Å². The topological polar surface area (TPSA) is 54.7 Å². The molecular formula is C27H33FN2O4S. The summed E-state index contributed by atoms with van der Waals surface area (Å²) in [6, 6.07) is 12.5. The summed E-state index contributed by atoms with van der Waals surface area (Å²) in [5.74, 6) is 2.34. The first-order valence-corrected chi connectivity index (χ1v) is 12.8. The molecule has 1 atom stereocenters. The van der Waals surface area contributed by atoms with E-state index in [1.54, 1.807) is 38.1 Å². The summed E-state index contributed by atoms with van der Waals surface area (Å²) in [7, 11) is 3.26. The Labute approximate surface area is 210 Å². The molecule has 1 saturated heterocycles. The summed E-state index contributed by atoms with van der Waals surface area (Å²) in [4.78, 5) is 4.76. The summed E-state index contributed by atoms with van der Waals surface area (Å²) in [5.41, 5.74) is 2.48. The fraction of sp³-hybridized carbons (Fsp3) is 0.444. The Morgan fingerprint density at radius 2 is 1.89 bits per heavy atom. The van der Waals surface area contributed by atoms with Crippen LogP contribution in [0.4, 0.5) is 4.39 Å². The standard InChI is InChI=1S/C27H33FN2O4S/c1-27(2,20-5-10-23(31-3)24(15-20)32-4)25-16-29-26(30(25)22-8-6-21(28)7-9-22)35-14-13-34-18-19-11-12-33-17-19/h5-10,15-16,19H,11-14,17-18H2,1-4H3. The Hall–Kier alpha value is -2.55. The number of benzene rings is 2. The van der Waals surface area contributed by atoms with Crippen LogP contribution in [-0.4, -0.2) is 56.0 Å². The van der Waals surface area contributed by atoms with Crippen LogP contribution in [0.1, 0.15) is 31.5 Å². The number of nitrogens with zero attached hydrogens (tertiary/aromatic N) is 2. The van der Waals surface area contributed by atoms with Gasteiger partial charge in [0.15, 0.2) is 16.7 Å². The highest BCUT2D eigenvalue weighted by atomic mass is 32.2. The average Bonchev–Trinajstić information content (AvgIpc) is 3.54. The van der Waals surface area contributed by atoms with Crippen LogP contribution in [-0.2, 0) is 14.9 Å². The molecule has 2 aromatic carbocycles. The highest BCUT2D eigenvalue weighted by molar-refractivity contribution is 7.99. The number of rotatable bonds is 11. The third-order valence-corrected chi connectivity index (χ3v) is 7.31. The molecule has 0 amide bonds. The second-order valence-corrected chi connectivity index (χ2v) is 10.1. The molecular weight excluding hydrogens is 467 g/mol. The summed E-state index contributed by atoms with van der Waals surface area (Å²) in [5, 5.41) is 0.841. The van der Waals surface area contributed by atoms with E-state index in [-0.39, 0.29) is 5.82 Å². The third-order valence-electron chi connectivity index (χ3n) is 6.40. The van der Waals surface area contributed by atoms with Gasteiger partial charge in [-0.1, -0.05) is 31.7 Å². The molecule has 1 aromatic heterocycles. The maximum Gasteiger partial charge on any atom is 0.172 e. The number of ether oxygens (including phenoxy) is 4. The van der Waals surface area contributed by atoms with Crippen molar-refractivity contribution in [3.8, 4) is 17.2 Å². The van der Waals surface area contributed by atoms with Gasteiger partial charge in [0.1, 0.15) is 5.82 Å². The molecule has 2 heterocycles. The van der Waals surface area contributed by atoms with Crippen molar-refractivity contribution in [2.45, 2.75) is 30.8 Å². The normalized spacial score (nSPS) is 16.0. The lowest BCUT2D eigenvalue weighted by atomic mass is 9.81. The van der Waals surface area contributed by atoms with E-state index in [9.17, 15) is 4.39 Å². The molecule has 8 heteroatoms. The molecule has 4 rings (SSSR count). The van der Waals surface area contributed by atoms with Crippen molar-refractivity contribution >= 4 is 11.8 Å². The van der Waals surface area contributed by atoms with Crippen molar-refractivity contribution in [1.29, 1.82) is 0 Å². The van der Waals surface area contributed by atoms with E-state index in [4.69, 9.17) is 23.9 Å². The van der Waals surface area contributed by atoms with Crippen molar-refractivity contribution in [3.05, 3.63) is 65.7 Å². The summed E-state index contributed by atoms with van der Waals surface area (Å²) in [6.07, 6.45) is 2.97. The Morgan fingerprint density at radius 3 is 2.57 bits per heavy atom. The number of thioether (sulfide) groups is 1.